The van der Waals surface area contributed by atoms with E-state index in [-0.39, 0.29) is 32.2 Å². The van der Waals surface area contributed by atoms with Crippen molar-refractivity contribution in [3.8, 4) is 0 Å². The number of aromatic nitrogens is 2. The number of hydrogen-bond acceptors (Lipinski definition) is 4. The van der Waals surface area contributed by atoms with Crippen molar-refractivity contribution in [3.63, 3.8) is 0 Å². The smallest absolute Gasteiger partial charge is 0.274 e. The molecule has 0 spiro atoms. The SMILES string of the molecule is Cc1cccc2nc(C(=O)N(CCO)CCO)cn12. The Morgan fingerprint density at radius 1 is 1.32 bits per heavy atom. The zero-order valence-corrected chi connectivity index (χ0v) is 10.8. The number of aliphatic hydroxyl groups is 2. The maximum atomic E-state index is 12.2. The van der Waals surface area contributed by atoms with Gasteiger partial charge >= 0.3 is 0 Å². The Kier molecular flexibility index (Phi) is 4.13. The lowest BCUT2D eigenvalue weighted by Gasteiger charge is -2.19. The van der Waals surface area contributed by atoms with Crippen molar-refractivity contribution < 1.29 is 15.0 Å². The number of pyridine rings is 1. The second-order valence-electron chi connectivity index (χ2n) is 4.26. The van der Waals surface area contributed by atoms with Gasteiger partial charge in [-0.25, -0.2) is 4.98 Å². The van der Waals surface area contributed by atoms with E-state index in [4.69, 9.17) is 10.2 Å². The third kappa shape index (κ3) is 2.74. The van der Waals surface area contributed by atoms with Crippen molar-refractivity contribution in [1.82, 2.24) is 14.3 Å². The fraction of sp³-hybridized carbons (Fsp3) is 0.385. The number of imidazole rings is 1. The molecule has 0 aliphatic rings. The Morgan fingerprint density at radius 2 is 2.00 bits per heavy atom. The van der Waals surface area contributed by atoms with Crippen molar-refractivity contribution in [2.24, 2.45) is 0 Å². The van der Waals surface area contributed by atoms with Crippen molar-refractivity contribution in [3.05, 3.63) is 35.8 Å². The van der Waals surface area contributed by atoms with Crippen LogP contribution in [-0.4, -0.2) is 56.7 Å². The standard InChI is InChI=1S/C13H17N3O3/c1-10-3-2-4-12-14-11(9-16(10)12)13(19)15(5-7-17)6-8-18/h2-4,9,17-18H,5-8H2,1H3. The molecular weight excluding hydrogens is 246 g/mol. The molecule has 0 unspecified atom stereocenters. The molecule has 19 heavy (non-hydrogen) atoms. The molecule has 0 bridgehead atoms. The monoisotopic (exact) mass is 263 g/mol. The van der Waals surface area contributed by atoms with Gasteiger partial charge in [0, 0.05) is 25.0 Å². The van der Waals surface area contributed by atoms with E-state index in [1.807, 2.05) is 29.5 Å². The molecule has 0 aliphatic heterocycles. The fourth-order valence-corrected chi connectivity index (χ4v) is 1.97. The molecule has 2 N–H and O–H groups in total. The number of carbonyl (C=O) groups is 1. The van der Waals surface area contributed by atoms with Gasteiger partial charge in [0.15, 0.2) is 0 Å². The van der Waals surface area contributed by atoms with Crippen molar-refractivity contribution in [2.75, 3.05) is 26.3 Å². The predicted octanol–water partition coefficient (Wildman–Crippen LogP) is 0.0695. The van der Waals surface area contributed by atoms with Gasteiger partial charge in [-0.2, -0.15) is 0 Å². The second kappa shape index (κ2) is 5.81. The molecule has 1 amide bonds. The van der Waals surface area contributed by atoms with Crippen LogP contribution in [0.25, 0.3) is 5.65 Å². The summed E-state index contributed by atoms with van der Waals surface area (Å²) in [7, 11) is 0. The second-order valence-corrected chi connectivity index (χ2v) is 4.26. The van der Waals surface area contributed by atoms with E-state index in [2.05, 4.69) is 4.98 Å². The van der Waals surface area contributed by atoms with Gasteiger partial charge < -0.3 is 19.5 Å². The Balaban J connectivity index is 2.32. The van der Waals surface area contributed by atoms with E-state index in [1.165, 1.54) is 4.90 Å². The number of carbonyl (C=O) groups excluding carboxylic acids is 1. The Labute approximate surface area is 110 Å². The maximum absolute atomic E-state index is 12.2. The summed E-state index contributed by atoms with van der Waals surface area (Å²) < 4.78 is 1.84. The Hall–Kier alpha value is -1.92. The van der Waals surface area contributed by atoms with Crippen molar-refractivity contribution in [1.29, 1.82) is 0 Å². The van der Waals surface area contributed by atoms with Gasteiger partial charge in [-0.05, 0) is 19.1 Å². The van der Waals surface area contributed by atoms with E-state index in [0.717, 1.165) is 5.69 Å². The van der Waals surface area contributed by atoms with E-state index in [9.17, 15) is 4.79 Å². The predicted molar refractivity (Wildman–Crippen MR) is 70.0 cm³/mol. The number of aryl methyl sites for hydroxylation is 1. The highest BCUT2D eigenvalue weighted by Crippen LogP contribution is 2.10. The molecule has 2 aromatic heterocycles. The lowest BCUT2D eigenvalue weighted by atomic mass is 10.3. The minimum Gasteiger partial charge on any atom is -0.395 e. The van der Waals surface area contributed by atoms with Gasteiger partial charge in [0.25, 0.3) is 5.91 Å². The van der Waals surface area contributed by atoms with Crippen LogP contribution in [0.5, 0.6) is 0 Å². The first-order valence-corrected chi connectivity index (χ1v) is 6.13. The first kappa shape index (κ1) is 13.5. The van der Waals surface area contributed by atoms with Crippen LogP contribution >= 0.6 is 0 Å². The molecule has 2 heterocycles. The zero-order chi connectivity index (χ0) is 13.8. The molecule has 0 saturated carbocycles. The minimum absolute atomic E-state index is 0.141. The van der Waals surface area contributed by atoms with Crippen LogP contribution in [0.2, 0.25) is 0 Å². The molecule has 6 heteroatoms. The molecule has 0 atom stereocenters. The molecule has 0 aliphatic carbocycles. The van der Waals surface area contributed by atoms with Crippen LogP contribution in [0.3, 0.4) is 0 Å². The lowest BCUT2D eigenvalue weighted by molar-refractivity contribution is 0.0679. The highest BCUT2D eigenvalue weighted by molar-refractivity contribution is 5.93. The third-order valence-corrected chi connectivity index (χ3v) is 2.94. The highest BCUT2D eigenvalue weighted by Gasteiger charge is 2.18. The number of aliphatic hydroxyl groups excluding tert-OH is 2. The molecule has 2 rings (SSSR count). The molecule has 0 aromatic carbocycles. The van der Waals surface area contributed by atoms with Gasteiger partial charge in [0.1, 0.15) is 11.3 Å². The van der Waals surface area contributed by atoms with Crippen LogP contribution in [0.1, 0.15) is 16.2 Å². The summed E-state index contributed by atoms with van der Waals surface area (Å²) >= 11 is 0. The van der Waals surface area contributed by atoms with Crippen LogP contribution in [0.4, 0.5) is 0 Å². The van der Waals surface area contributed by atoms with Crippen LogP contribution in [-0.2, 0) is 0 Å². The lowest BCUT2D eigenvalue weighted by Crippen LogP contribution is -2.36. The quantitative estimate of drug-likeness (QED) is 0.800. The minimum atomic E-state index is -0.286. The summed E-state index contributed by atoms with van der Waals surface area (Å²) in [6.45, 7) is 2.02. The highest BCUT2D eigenvalue weighted by atomic mass is 16.3. The average molecular weight is 263 g/mol. The molecule has 2 aromatic rings. The molecule has 102 valence electrons. The van der Waals surface area contributed by atoms with Crippen molar-refractivity contribution in [2.45, 2.75) is 6.92 Å². The van der Waals surface area contributed by atoms with Gasteiger partial charge in [0.05, 0.1) is 13.2 Å². The molecule has 6 nitrogen and oxygen atoms in total. The van der Waals surface area contributed by atoms with E-state index in [1.54, 1.807) is 6.20 Å². The molecular formula is C13H17N3O3. The topological polar surface area (TPSA) is 78.1 Å². The zero-order valence-electron chi connectivity index (χ0n) is 10.8. The summed E-state index contributed by atoms with van der Waals surface area (Å²) in [5.74, 6) is -0.286. The van der Waals surface area contributed by atoms with Crippen LogP contribution in [0, 0.1) is 6.92 Å². The summed E-state index contributed by atoms with van der Waals surface area (Å²) in [6, 6.07) is 5.64. The summed E-state index contributed by atoms with van der Waals surface area (Å²) in [5, 5.41) is 17.9. The van der Waals surface area contributed by atoms with E-state index < -0.39 is 0 Å². The van der Waals surface area contributed by atoms with Crippen LogP contribution in [0.15, 0.2) is 24.4 Å². The Bertz CT molecular complexity index is 574. The first-order chi connectivity index (χ1) is 9.17. The Morgan fingerprint density at radius 3 is 2.58 bits per heavy atom. The molecule has 0 fully saturated rings. The fourth-order valence-electron chi connectivity index (χ4n) is 1.97. The van der Waals surface area contributed by atoms with Gasteiger partial charge in [0.2, 0.25) is 0 Å². The number of hydrogen-bond donors (Lipinski definition) is 2. The van der Waals surface area contributed by atoms with E-state index >= 15 is 0 Å². The largest absolute Gasteiger partial charge is 0.395 e. The summed E-state index contributed by atoms with van der Waals surface area (Å²) in [6.07, 6.45) is 1.68. The molecule has 0 radical (unpaired) electrons. The summed E-state index contributed by atoms with van der Waals surface area (Å²) in [4.78, 5) is 17.9. The van der Waals surface area contributed by atoms with Crippen molar-refractivity contribution >= 4 is 11.6 Å². The molecule has 0 saturated heterocycles. The number of rotatable bonds is 5. The van der Waals surface area contributed by atoms with E-state index in [0.29, 0.717) is 11.3 Å². The number of fused-ring (bicyclic) bond motifs is 1. The first-order valence-electron chi connectivity index (χ1n) is 6.13. The normalized spacial score (nSPS) is 10.9. The van der Waals surface area contributed by atoms with Gasteiger partial charge in [-0.15, -0.1) is 0 Å². The van der Waals surface area contributed by atoms with Gasteiger partial charge in [-0.1, -0.05) is 6.07 Å². The van der Waals surface area contributed by atoms with Gasteiger partial charge in [-0.3, -0.25) is 4.79 Å². The maximum Gasteiger partial charge on any atom is 0.274 e. The summed E-state index contributed by atoms with van der Waals surface area (Å²) in [5.41, 5.74) is 2.01. The van der Waals surface area contributed by atoms with Crippen LogP contribution < -0.4 is 0 Å². The number of nitrogens with zero attached hydrogens (tertiary/aromatic N) is 3. The third-order valence-electron chi connectivity index (χ3n) is 2.94. The number of amides is 1. The average Bonchev–Trinajstić information content (AvgIpc) is 2.83.